The molecule has 6 heteroatoms. The SMILES string of the molecule is COC(=O)CCC(N)C1CN(C(=O)OC(C)(C)C)C1. The number of carbonyl (C=O) groups is 2. The number of hydrogen-bond donors (Lipinski definition) is 1. The maximum absolute atomic E-state index is 11.7. The molecule has 1 aliphatic rings. The van der Waals surface area contributed by atoms with Crippen LogP contribution in [0.1, 0.15) is 33.6 Å². The Labute approximate surface area is 114 Å². The summed E-state index contributed by atoms with van der Waals surface area (Å²) in [6, 6.07) is -0.0854. The van der Waals surface area contributed by atoms with E-state index in [0.717, 1.165) is 0 Å². The molecule has 110 valence electrons. The van der Waals surface area contributed by atoms with Gasteiger partial charge in [-0.05, 0) is 27.2 Å². The molecular weight excluding hydrogens is 248 g/mol. The molecule has 19 heavy (non-hydrogen) atoms. The topological polar surface area (TPSA) is 81.9 Å². The number of nitrogens with zero attached hydrogens (tertiary/aromatic N) is 1. The first-order valence-corrected chi connectivity index (χ1v) is 6.53. The number of ether oxygens (including phenoxy) is 2. The number of methoxy groups -OCH3 is 1. The van der Waals surface area contributed by atoms with E-state index in [2.05, 4.69) is 4.74 Å². The molecule has 1 aliphatic heterocycles. The molecule has 1 rings (SSSR count). The summed E-state index contributed by atoms with van der Waals surface area (Å²) >= 11 is 0. The van der Waals surface area contributed by atoms with Gasteiger partial charge >= 0.3 is 12.1 Å². The molecule has 0 bridgehead atoms. The molecule has 0 aliphatic carbocycles. The van der Waals surface area contributed by atoms with Crippen LogP contribution in [-0.4, -0.2) is 48.8 Å². The molecule has 0 saturated carbocycles. The van der Waals surface area contributed by atoms with Crippen molar-refractivity contribution in [1.82, 2.24) is 4.90 Å². The minimum absolute atomic E-state index is 0.0854. The summed E-state index contributed by atoms with van der Waals surface area (Å²) in [4.78, 5) is 24.4. The van der Waals surface area contributed by atoms with Gasteiger partial charge in [-0.1, -0.05) is 0 Å². The molecule has 2 N–H and O–H groups in total. The number of amides is 1. The Morgan fingerprint density at radius 1 is 1.37 bits per heavy atom. The second-order valence-corrected chi connectivity index (χ2v) is 5.92. The van der Waals surface area contributed by atoms with E-state index in [4.69, 9.17) is 10.5 Å². The summed E-state index contributed by atoms with van der Waals surface area (Å²) in [5.41, 5.74) is 5.51. The van der Waals surface area contributed by atoms with Gasteiger partial charge in [0.25, 0.3) is 0 Å². The van der Waals surface area contributed by atoms with Crippen LogP contribution < -0.4 is 5.73 Å². The summed E-state index contributed by atoms with van der Waals surface area (Å²) in [6.45, 7) is 6.70. The Morgan fingerprint density at radius 2 is 1.95 bits per heavy atom. The number of hydrogen-bond acceptors (Lipinski definition) is 5. The largest absolute Gasteiger partial charge is 0.469 e. The van der Waals surface area contributed by atoms with Gasteiger partial charge in [-0.2, -0.15) is 0 Å². The highest BCUT2D eigenvalue weighted by Gasteiger charge is 2.36. The number of carbonyl (C=O) groups excluding carboxylic acids is 2. The zero-order valence-electron chi connectivity index (χ0n) is 12.1. The van der Waals surface area contributed by atoms with Gasteiger partial charge in [-0.3, -0.25) is 4.79 Å². The summed E-state index contributed by atoms with van der Waals surface area (Å²) in [7, 11) is 1.36. The van der Waals surface area contributed by atoms with Crippen LogP contribution in [0.4, 0.5) is 4.79 Å². The third-order valence-corrected chi connectivity index (χ3v) is 3.08. The number of likely N-dealkylation sites (tertiary alicyclic amines) is 1. The molecule has 0 aromatic heterocycles. The van der Waals surface area contributed by atoms with E-state index in [-0.39, 0.29) is 24.0 Å². The van der Waals surface area contributed by atoms with Crippen LogP contribution in [0.3, 0.4) is 0 Å². The Kier molecular flexibility index (Phi) is 5.17. The molecule has 1 heterocycles. The van der Waals surface area contributed by atoms with Crippen molar-refractivity contribution in [1.29, 1.82) is 0 Å². The van der Waals surface area contributed by atoms with Crippen LogP contribution in [0.2, 0.25) is 0 Å². The third-order valence-electron chi connectivity index (χ3n) is 3.08. The van der Waals surface area contributed by atoms with Crippen molar-refractivity contribution in [2.75, 3.05) is 20.2 Å². The van der Waals surface area contributed by atoms with Crippen LogP contribution >= 0.6 is 0 Å². The van der Waals surface area contributed by atoms with Crippen molar-refractivity contribution in [2.45, 2.75) is 45.3 Å². The Balaban J connectivity index is 2.25. The highest BCUT2D eigenvalue weighted by Crippen LogP contribution is 2.23. The lowest BCUT2D eigenvalue weighted by Crippen LogP contribution is -2.57. The lowest BCUT2D eigenvalue weighted by molar-refractivity contribution is -0.140. The van der Waals surface area contributed by atoms with E-state index in [1.54, 1.807) is 4.90 Å². The average molecular weight is 272 g/mol. The maximum Gasteiger partial charge on any atom is 0.410 e. The van der Waals surface area contributed by atoms with Crippen molar-refractivity contribution < 1.29 is 19.1 Å². The Morgan fingerprint density at radius 3 is 2.42 bits per heavy atom. The van der Waals surface area contributed by atoms with E-state index in [1.807, 2.05) is 20.8 Å². The van der Waals surface area contributed by atoms with Crippen molar-refractivity contribution in [2.24, 2.45) is 11.7 Å². The molecule has 1 saturated heterocycles. The van der Waals surface area contributed by atoms with Gasteiger partial charge in [0.2, 0.25) is 0 Å². The van der Waals surface area contributed by atoms with Gasteiger partial charge in [-0.25, -0.2) is 4.79 Å². The second-order valence-electron chi connectivity index (χ2n) is 5.92. The minimum atomic E-state index is -0.477. The smallest absolute Gasteiger partial charge is 0.410 e. The lowest BCUT2D eigenvalue weighted by Gasteiger charge is -2.42. The summed E-state index contributed by atoms with van der Waals surface area (Å²) in [6.07, 6.45) is 0.601. The van der Waals surface area contributed by atoms with E-state index in [1.165, 1.54) is 7.11 Å². The fraction of sp³-hybridized carbons (Fsp3) is 0.846. The Hall–Kier alpha value is -1.30. The summed E-state index contributed by atoms with van der Waals surface area (Å²) in [5, 5.41) is 0. The van der Waals surface area contributed by atoms with E-state index in [0.29, 0.717) is 25.9 Å². The zero-order valence-corrected chi connectivity index (χ0v) is 12.1. The monoisotopic (exact) mass is 272 g/mol. The highest BCUT2D eigenvalue weighted by atomic mass is 16.6. The van der Waals surface area contributed by atoms with Gasteiger partial charge in [0.15, 0.2) is 0 Å². The van der Waals surface area contributed by atoms with Gasteiger partial charge in [0.05, 0.1) is 7.11 Å². The first-order valence-electron chi connectivity index (χ1n) is 6.53. The van der Waals surface area contributed by atoms with Crippen LogP contribution in [0.25, 0.3) is 0 Å². The van der Waals surface area contributed by atoms with Gasteiger partial charge in [0.1, 0.15) is 5.60 Å². The van der Waals surface area contributed by atoms with Gasteiger partial charge < -0.3 is 20.1 Å². The predicted molar refractivity (Wildman–Crippen MR) is 70.5 cm³/mol. The van der Waals surface area contributed by atoms with E-state index < -0.39 is 5.60 Å². The molecule has 1 fully saturated rings. The second kappa shape index (κ2) is 6.23. The number of esters is 1. The molecule has 0 spiro atoms. The lowest BCUT2D eigenvalue weighted by atomic mass is 9.89. The van der Waals surface area contributed by atoms with Crippen molar-refractivity contribution in [3.63, 3.8) is 0 Å². The fourth-order valence-corrected chi connectivity index (χ4v) is 1.88. The molecule has 1 unspecified atom stereocenters. The first-order chi connectivity index (χ1) is 8.73. The molecular formula is C13H24N2O4. The van der Waals surface area contributed by atoms with Crippen molar-refractivity contribution in [3.8, 4) is 0 Å². The molecule has 1 atom stereocenters. The minimum Gasteiger partial charge on any atom is -0.469 e. The van der Waals surface area contributed by atoms with Crippen LogP contribution in [0.5, 0.6) is 0 Å². The average Bonchev–Trinajstić information content (AvgIpc) is 2.21. The van der Waals surface area contributed by atoms with E-state index in [9.17, 15) is 9.59 Å². The normalized spacial score (nSPS) is 17.6. The summed E-state index contributed by atoms with van der Waals surface area (Å²) in [5.74, 6) is -0.0176. The maximum atomic E-state index is 11.7. The third kappa shape index (κ3) is 5.06. The van der Waals surface area contributed by atoms with E-state index >= 15 is 0 Å². The fourth-order valence-electron chi connectivity index (χ4n) is 1.88. The van der Waals surface area contributed by atoms with Crippen LogP contribution in [0.15, 0.2) is 0 Å². The summed E-state index contributed by atoms with van der Waals surface area (Å²) < 4.78 is 9.82. The molecule has 1 amide bonds. The molecule has 0 radical (unpaired) electrons. The molecule has 6 nitrogen and oxygen atoms in total. The zero-order chi connectivity index (χ0) is 14.6. The van der Waals surface area contributed by atoms with Crippen molar-refractivity contribution >= 4 is 12.1 Å². The van der Waals surface area contributed by atoms with Crippen LogP contribution in [-0.2, 0) is 14.3 Å². The first kappa shape index (κ1) is 15.8. The standard InChI is InChI=1S/C13H24N2O4/c1-13(2,3)19-12(17)15-7-9(8-15)10(14)5-6-11(16)18-4/h9-10H,5-8,14H2,1-4H3. The quantitative estimate of drug-likeness (QED) is 0.776. The predicted octanol–water partition coefficient (Wildman–Crippen LogP) is 1.13. The number of nitrogens with two attached hydrogens (primary N) is 1. The highest BCUT2D eigenvalue weighted by molar-refractivity contribution is 5.69. The van der Waals surface area contributed by atoms with Crippen LogP contribution in [0, 0.1) is 5.92 Å². The van der Waals surface area contributed by atoms with Crippen molar-refractivity contribution in [3.05, 3.63) is 0 Å². The molecule has 0 aromatic rings. The van der Waals surface area contributed by atoms with Gasteiger partial charge in [-0.15, -0.1) is 0 Å². The number of rotatable bonds is 4. The molecule has 0 aromatic carbocycles. The van der Waals surface area contributed by atoms with Gasteiger partial charge in [0, 0.05) is 31.5 Å². The Bertz CT molecular complexity index is 332.